The van der Waals surface area contributed by atoms with E-state index in [4.69, 9.17) is 0 Å². The van der Waals surface area contributed by atoms with Gasteiger partial charge in [0.2, 0.25) is 0 Å². The number of amides is 1. The number of carbonyl (C=O) groups excluding carboxylic acids is 2. The first-order valence-electron chi connectivity index (χ1n) is 8.19. The monoisotopic (exact) mass is 356 g/mol. The van der Waals surface area contributed by atoms with Crippen molar-refractivity contribution in [3.63, 3.8) is 0 Å². The van der Waals surface area contributed by atoms with E-state index in [1.165, 1.54) is 16.2 Å². The minimum atomic E-state index is -0.555. The molecule has 3 rings (SSSR count). The van der Waals surface area contributed by atoms with Crippen molar-refractivity contribution in [2.45, 2.75) is 32.9 Å². The second-order valence-corrected chi connectivity index (χ2v) is 7.43. The average Bonchev–Trinajstić information content (AvgIpc) is 3.18. The Labute approximate surface area is 150 Å². The predicted molar refractivity (Wildman–Crippen MR) is 96.0 cm³/mol. The molecule has 0 radical (unpaired) electrons. The first-order chi connectivity index (χ1) is 12.0. The molecule has 1 atom stereocenters. The minimum Gasteiger partial charge on any atom is -0.503 e. The molecule has 5 nitrogen and oxygen atoms in total. The smallest absolute Gasteiger partial charge is 0.290 e. The topological polar surface area (TPSA) is 70.5 Å². The van der Waals surface area contributed by atoms with Crippen LogP contribution in [0.3, 0.4) is 0 Å². The van der Waals surface area contributed by atoms with E-state index >= 15 is 0 Å². The van der Waals surface area contributed by atoms with Crippen LogP contribution >= 0.6 is 11.3 Å². The van der Waals surface area contributed by atoms with Crippen molar-refractivity contribution in [3.05, 3.63) is 63.8 Å². The summed E-state index contributed by atoms with van der Waals surface area (Å²) < 4.78 is 0. The number of nitrogens with zero attached hydrogens (tertiary/aromatic N) is 2. The molecule has 0 saturated carbocycles. The summed E-state index contributed by atoms with van der Waals surface area (Å²) in [6, 6.07) is 8.68. The Morgan fingerprint density at radius 3 is 2.72 bits per heavy atom. The van der Waals surface area contributed by atoms with Gasteiger partial charge in [0.25, 0.3) is 5.91 Å². The Hall–Kier alpha value is -2.47. The molecular formula is C19H20N2O3S. The molecule has 1 amide bonds. The van der Waals surface area contributed by atoms with E-state index in [-0.39, 0.29) is 23.8 Å². The van der Waals surface area contributed by atoms with Gasteiger partial charge in [0.05, 0.1) is 23.9 Å². The lowest BCUT2D eigenvalue weighted by Gasteiger charge is -2.25. The van der Waals surface area contributed by atoms with Crippen LogP contribution in [0.15, 0.2) is 53.2 Å². The SMILES string of the molecule is CC(C)CC(=O)C1=C(O)C(=O)N(Cc2ccccn2)C1c1cccs1. The van der Waals surface area contributed by atoms with Crippen LogP contribution in [-0.2, 0) is 16.1 Å². The first kappa shape index (κ1) is 17.4. The fourth-order valence-electron chi connectivity index (χ4n) is 2.99. The highest BCUT2D eigenvalue weighted by atomic mass is 32.1. The van der Waals surface area contributed by atoms with Gasteiger partial charge in [-0.3, -0.25) is 14.6 Å². The summed E-state index contributed by atoms with van der Waals surface area (Å²) >= 11 is 1.47. The van der Waals surface area contributed by atoms with Gasteiger partial charge >= 0.3 is 0 Å². The van der Waals surface area contributed by atoms with E-state index in [0.717, 1.165) is 4.88 Å². The summed E-state index contributed by atoms with van der Waals surface area (Å²) in [5.74, 6) is -0.976. The number of thiophene rings is 1. The summed E-state index contributed by atoms with van der Waals surface area (Å²) in [5, 5.41) is 12.3. The quantitative estimate of drug-likeness (QED) is 0.857. The van der Waals surface area contributed by atoms with Gasteiger partial charge in [-0.2, -0.15) is 0 Å². The number of aromatic nitrogens is 1. The number of aliphatic hydroxyl groups is 1. The summed E-state index contributed by atoms with van der Waals surface area (Å²) in [5.41, 5.74) is 0.917. The van der Waals surface area contributed by atoms with Crippen molar-refractivity contribution in [1.29, 1.82) is 0 Å². The Balaban J connectivity index is 1.99. The van der Waals surface area contributed by atoms with E-state index in [1.54, 1.807) is 12.3 Å². The van der Waals surface area contributed by atoms with Gasteiger partial charge in [0, 0.05) is 17.5 Å². The summed E-state index contributed by atoms with van der Waals surface area (Å²) in [6.45, 7) is 4.13. The maximum Gasteiger partial charge on any atom is 0.290 e. The number of ketones is 1. The normalized spacial score (nSPS) is 17.6. The highest BCUT2D eigenvalue weighted by Gasteiger charge is 2.43. The van der Waals surface area contributed by atoms with E-state index in [0.29, 0.717) is 12.1 Å². The zero-order chi connectivity index (χ0) is 18.0. The van der Waals surface area contributed by atoms with Gasteiger partial charge in [0.1, 0.15) is 0 Å². The maximum atomic E-state index is 12.7. The van der Waals surface area contributed by atoms with Crippen LogP contribution < -0.4 is 0 Å². The second-order valence-electron chi connectivity index (χ2n) is 6.46. The Morgan fingerprint density at radius 1 is 1.32 bits per heavy atom. The third-order valence-corrected chi connectivity index (χ3v) is 4.99. The fraction of sp³-hybridized carbons (Fsp3) is 0.316. The highest BCUT2D eigenvalue weighted by molar-refractivity contribution is 7.10. The number of carbonyl (C=O) groups is 2. The van der Waals surface area contributed by atoms with Gasteiger partial charge < -0.3 is 10.0 Å². The Kier molecular flexibility index (Phi) is 4.99. The summed E-state index contributed by atoms with van der Waals surface area (Å²) in [6.07, 6.45) is 1.96. The predicted octanol–water partition coefficient (Wildman–Crippen LogP) is 3.65. The van der Waals surface area contributed by atoms with Crippen molar-refractivity contribution in [3.8, 4) is 0 Å². The number of aliphatic hydroxyl groups excluding tert-OH is 1. The Morgan fingerprint density at radius 2 is 2.12 bits per heavy atom. The van der Waals surface area contributed by atoms with Gasteiger partial charge in [-0.25, -0.2) is 0 Å². The average molecular weight is 356 g/mol. The molecule has 1 aliphatic heterocycles. The number of Topliss-reactive ketones (excluding diaryl/α,β-unsaturated/α-hetero) is 1. The molecular weight excluding hydrogens is 336 g/mol. The van der Waals surface area contributed by atoms with Crippen molar-refractivity contribution >= 4 is 23.0 Å². The molecule has 0 aliphatic carbocycles. The molecule has 3 heterocycles. The third kappa shape index (κ3) is 3.49. The van der Waals surface area contributed by atoms with Crippen molar-refractivity contribution in [1.82, 2.24) is 9.88 Å². The van der Waals surface area contributed by atoms with E-state index < -0.39 is 17.7 Å². The van der Waals surface area contributed by atoms with E-state index in [1.807, 2.05) is 43.5 Å². The van der Waals surface area contributed by atoms with Crippen molar-refractivity contribution < 1.29 is 14.7 Å². The van der Waals surface area contributed by atoms with Crippen LogP contribution in [0, 0.1) is 5.92 Å². The van der Waals surface area contributed by atoms with Crippen LogP contribution in [0.2, 0.25) is 0 Å². The zero-order valence-electron chi connectivity index (χ0n) is 14.2. The van der Waals surface area contributed by atoms with Crippen LogP contribution in [0.1, 0.15) is 36.9 Å². The van der Waals surface area contributed by atoms with E-state index in [2.05, 4.69) is 4.98 Å². The molecule has 130 valence electrons. The van der Waals surface area contributed by atoms with Crippen molar-refractivity contribution in [2.24, 2.45) is 5.92 Å². The zero-order valence-corrected chi connectivity index (χ0v) is 15.0. The summed E-state index contributed by atoms with van der Waals surface area (Å²) in [4.78, 5) is 32.0. The lowest BCUT2D eigenvalue weighted by Crippen LogP contribution is -2.30. The molecule has 0 fully saturated rings. The lowest BCUT2D eigenvalue weighted by molar-refractivity contribution is -0.130. The van der Waals surface area contributed by atoms with Gasteiger partial charge in [-0.15, -0.1) is 11.3 Å². The number of pyridine rings is 1. The molecule has 0 saturated heterocycles. The molecule has 1 N–H and O–H groups in total. The number of hydrogen-bond acceptors (Lipinski definition) is 5. The van der Waals surface area contributed by atoms with E-state index in [9.17, 15) is 14.7 Å². The van der Waals surface area contributed by atoms with Gasteiger partial charge in [-0.1, -0.05) is 26.0 Å². The number of hydrogen-bond donors (Lipinski definition) is 1. The van der Waals surface area contributed by atoms with Crippen LogP contribution in [0.5, 0.6) is 0 Å². The molecule has 2 aromatic heterocycles. The lowest BCUT2D eigenvalue weighted by atomic mass is 9.95. The first-order valence-corrected chi connectivity index (χ1v) is 9.07. The molecule has 0 spiro atoms. The van der Waals surface area contributed by atoms with Crippen molar-refractivity contribution in [2.75, 3.05) is 0 Å². The van der Waals surface area contributed by atoms with Gasteiger partial charge in [0.15, 0.2) is 11.5 Å². The molecule has 2 aromatic rings. The minimum absolute atomic E-state index is 0.150. The molecule has 1 aliphatic rings. The molecule has 0 bridgehead atoms. The second kappa shape index (κ2) is 7.19. The molecule has 25 heavy (non-hydrogen) atoms. The molecule has 6 heteroatoms. The highest BCUT2D eigenvalue weighted by Crippen LogP contribution is 2.41. The van der Waals surface area contributed by atoms with Crippen LogP contribution in [0.25, 0.3) is 0 Å². The third-order valence-electron chi connectivity index (χ3n) is 4.07. The van der Waals surface area contributed by atoms with Crippen LogP contribution in [0.4, 0.5) is 0 Å². The summed E-state index contributed by atoms with van der Waals surface area (Å²) in [7, 11) is 0. The largest absolute Gasteiger partial charge is 0.503 e. The maximum absolute atomic E-state index is 12.7. The standard InChI is InChI=1S/C19H20N2O3S/c1-12(2)10-14(22)16-17(15-7-5-9-25-15)21(19(24)18(16)23)11-13-6-3-4-8-20-13/h3-9,12,17,23H,10-11H2,1-2H3. The Bertz CT molecular complexity index is 797. The fourth-order valence-corrected chi connectivity index (χ4v) is 3.84. The molecule has 1 unspecified atom stereocenters. The van der Waals surface area contributed by atoms with Gasteiger partial charge in [-0.05, 0) is 29.5 Å². The molecule has 0 aromatic carbocycles. The number of rotatable bonds is 6. The van der Waals surface area contributed by atoms with Crippen LogP contribution in [-0.4, -0.2) is 26.7 Å².